The van der Waals surface area contributed by atoms with E-state index in [2.05, 4.69) is 10.2 Å². The van der Waals surface area contributed by atoms with E-state index in [4.69, 9.17) is 0 Å². The van der Waals surface area contributed by atoms with E-state index in [0.29, 0.717) is 16.9 Å². The summed E-state index contributed by atoms with van der Waals surface area (Å²) < 4.78 is 0. The number of aromatic hydroxyl groups is 1. The molecule has 6 nitrogen and oxygen atoms in total. The van der Waals surface area contributed by atoms with E-state index in [1.807, 2.05) is 0 Å². The van der Waals surface area contributed by atoms with Crippen LogP contribution in [0.2, 0.25) is 0 Å². The van der Waals surface area contributed by atoms with Gasteiger partial charge in [-0.1, -0.05) is 0 Å². The van der Waals surface area contributed by atoms with E-state index < -0.39 is 4.92 Å². The van der Waals surface area contributed by atoms with Crippen molar-refractivity contribution in [3.05, 3.63) is 57.1 Å². The molecule has 0 amide bonds. The van der Waals surface area contributed by atoms with Crippen LogP contribution in [0, 0.1) is 30.9 Å². The third kappa shape index (κ3) is 3.22. The molecule has 21 heavy (non-hydrogen) atoms. The maximum absolute atomic E-state index is 10.7. The van der Waals surface area contributed by atoms with E-state index in [0.717, 1.165) is 11.1 Å². The summed E-state index contributed by atoms with van der Waals surface area (Å²) in [6.07, 6.45) is 0. The summed E-state index contributed by atoms with van der Waals surface area (Å²) in [5.74, 6) is 0.250. The van der Waals surface area contributed by atoms with Gasteiger partial charge in [0.1, 0.15) is 5.75 Å². The Morgan fingerprint density at radius 1 is 1.00 bits per heavy atom. The van der Waals surface area contributed by atoms with Crippen molar-refractivity contribution in [1.82, 2.24) is 0 Å². The zero-order chi connectivity index (χ0) is 15.6. The second-order valence-electron chi connectivity index (χ2n) is 4.86. The first kappa shape index (κ1) is 14.6. The van der Waals surface area contributed by atoms with E-state index >= 15 is 0 Å². The average Bonchev–Trinajstić information content (AvgIpc) is 2.43. The van der Waals surface area contributed by atoms with Crippen LogP contribution in [-0.4, -0.2) is 10.0 Å². The molecule has 0 saturated carbocycles. The molecule has 2 rings (SSSR count). The highest BCUT2D eigenvalue weighted by Crippen LogP contribution is 2.29. The van der Waals surface area contributed by atoms with Crippen molar-refractivity contribution < 1.29 is 10.0 Å². The van der Waals surface area contributed by atoms with Crippen molar-refractivity contribution in [2.75, 3.05) is 0 Å². The van der Waals surface area contributed by atoms with Gasteiger partial charge in [0.25, 0.3) is 5.69 Å². The molecule has 0 radical (unpaired) electrons. The quantitative estimate of drug-likeness (QED) is 0.506. The number of azo groups is 1. The molecule has 0 bridgehead atoms. The van der Waals surface area contributed by atoms with Gasteiger partial charge in [0, 0.05) is 12.1 Å². The predicted molar refractivity (Wildman–Crippen MR) is 79.6 cm³/mol. The summed E-state index contributed by atoms with van der Waals surface area (Å²) in [5, 5.41) is 28.6. The van der Waals surface area contributed by atoms with Crippen molar-refractivity contribution >= 4 is 17.1 Å². The van der Waals surface area contributed by atoms with Crippen molar-refractivity contribution in [3.8, 4) is 5.75 Å². The molecule has 108 valence electrons. The van der Waals surface area contributed by atoms with Gasteiger partial charge in [0.15, 0.2) is 0 Å². The van der Waals surface area contributed by atoms with Gasteiger partial charge in [-0.05, 0) is 55.7 Å². The minimum Gasteiger partial charge on any atom is -0.507 e. The number of phenolic OH excluding ortho intramolecular Hbond substituents is 1. The number of benzene rings is 2. The standard InChI is InChI=1S/C15H15N3O3/c1-9-8-13(18(20)21)4-5-14(9)17-16-12-6-10(2)15(19)11(3)7-12/h4-8,19H,1-3H3. The number of hydrogen-bond donors (Lipinski definition) is 1. The third-order valence-corrected chi connectivity index (χ3v) is 3.14. The van der Waals surface area contributed by atoms with Gasteiger partial charge in [-0.15, -0.1) is 0 Å². The Bertz CT molecular complexity index is 716. The lowest BCUT2D eigenvalue weighted by Gasteiger charge is -2.04. The van der Waals surface area contributed by atoms with Crippen LogP contribution in [0.5, 0.6) is 5.75 Å². The minimum atomic E-state index is -0.444. The summed E-state index contributed by atoms with van der Waals surface area (Å²) in [4.78, 5) is 10.2. The van der Waals surface area contributed by atoms with Crippen LogP contribution >= 0.6 is 0 Å². The van der Waals surface area contributed by atoms with Gasteiger partial charge in [-0.3, -0.25) is 10.1 Å². The van der Waals surface area contributed by atoms with Crippen LogP contribution in [0.25, 0.3) is 0 Å². The van der Waals surface area contributed by atoms with Crippen molar-refractivity contribution in [2.45, 2.75) is 20.8 Å². The molecule has 0 aliphatic heterocycles. The monoisotopic (exact) mass is 285 g/mol. The topological polar surface area (TPSA) is 88.1 Å². The Morgan fingerprint density at radius 3 is 2.14 bits per heavy atom. The Kier molecular flexibility index (Phi) is 3.98. The number of nitro benzene ring substituents is 1. The molecular weight excluding hydrogens is 270 g/mol. The van der Waals surface area contributed by atoms with Gasteiger partial charge in [-0.2, -0.15) is 10.2 Å². The van der Waals surface area contributed by atoms with Gasteiger partial charge in [-0.25, -0.2) is 0 Å². The second kappa shape index (κ2) is 5.70. The lowest BCUT2D eigenvalue weighted by atomic mass is 10.1. The van der Waals surface area contributed by atoms with Crippen molar-refractivity contribution in [3.63, 3.8) is 0 Å². The molecule has 0 fully saturated rings. The van der Waals surface area contributed by atoms with E-state index in [1.165, 1.54) is 12.1 Å². The number of hydrogen-bond acceptors (Lipinski definition) is 5. The number of phenols is 1. The van der Waals surface area contributed by atoms with E-state index in [1.54, 1.807) is 39.0 Å². The molecule has 0 atom stereocenters. The molecule has 0 aliphatic carbocycles. The van der Waals surface area contributed by atoms with Gasteiger partial charge < -0.3 is 5.11 Å². The van der Waals surface area contributed by atoms with Crippen LogP contribution in [0.1, 0.15) is 16.7 Å². The molecule has 0 aromatic heterocycles. The van der Waals surface area contributed by atoms with Crippen LogP contribution in [-0.2, 0) is 0 Å². The maximum atomic E-state index is 10.7. The minimum absolute atomic E-state index is 0.0303. The molecule has 6 heteroatoms. The Morgan fingerprint density at radius 2 is 1.62 bits per heavy atom. The first-order valence-corrected chi connectivity index (χ1v) is 6.35. The average molecular weight is 285 g/mol. The molecule has 0 saturated heterocycles. The van der Waals surface area contributed by atoms with Gasteiger partial charge in [0.05, 0.1) is 16.3 Å². The Hall–Kier alpha value is -2.76. The van der Waals surface area contributed by atoms with Gasteiger partial charge in [0.2, 0.25) is 0 Å². The molecule has 2 aromatic carbocycles. The summed E-state index contributed by atoms with van der Waals surface area (Å²) in [5.41, 5.74) is 3.36. The number of aryl methyl sites for hydroxylation is 3. The van der Waals surface area contributed by atoms with E-state index in [-0.39, 0.29) is 11.4 Å². The molecule has 2 aromatic rings. The van der Waals surface area contributed by atoms with Crippen molar-refractivity contribution in [2.24, 2.45) is 10.2 Å². The second-order valence-corrected chi connectivity index (χ2v) is 4.86. The largest absolute Gasteiger partial charge is 0.507 e. The first-order chi connectivity index (χ1) is 9.88. The highest BCUT2D eigenvalue weighted by atomic mass is 16.6. The summed E-state index contributed by atoms with van der Waals surface area (Å²) in [7, 11) is 0. The molecule has 0 aliphatic rings. The molecule has 1 N–H and O–H groups in total. The van der Waals surface area contributed by atoms with Gasteiger partial charge >= 0.3 is 0 Å². The van der Waals surface area contributed by atoms with Crippen LogP contribution < -0.4 is 0 Å². The zero-order valence-corrected chi connectivity index (χ0v) is 12.0. The van der Waals surface area contributed by atoms with E-state index in [9.17, 15) is 15.2 Å². The Balaban J connectivity index is 2.31. The zero-order valence-electron chi connectivity index (χ0n) is 12.0. The van der Waals surface area contributed by atoms with Crippen LogP contribution in [0.3, 0.4) is 0 Å². The molecule has 0 heterocycles. The lowest BCUT2D eigenvalue weighted by molar-refractivity contribution is -0.384. The highest BCUT2D eigenvalue weighted by Gasteiger charge is 2.08. The number of nitrogens with zero attached hydrogens (tertiary/aromatic N) is 3. The van der Waals surface area contributed by atoms with Crippen molar-refractivity contribution in [1.29, 1.82) is 0 Å². The number of non-ortho nitro benzene ring substituents is 1. The lowest BCUT2D eigenvalue weighted by Crippen LogP contribution is -1.87. The van der Waals surface area contributed by atoms with Crippen LogP contribution in [0.4, 0.5) is 17.1 Å². The highest BCUT2D eigenvalue weighted by molar-refractivity contribution is 5.53. The fourth-order valence-corrected chi connectivity index (χ4v) is 1.97. The summed E-state index contributed by atoms with van der Waals surface area (Å²) >= 11 is 0. The maximum Gasteiger partial charge on any atom is 0.269 e. The Labute approximate surface area is 121 Å². The molecular formula is C15H15N3O3. The number of nitro groups is 1. The third-order valence-electron chi connectivity index (χ3n) is 3.14. The fraction of sp³-hybridized carbons (Fsp3) is 0.200. The SMILES string of the molecule is Cc1cc([N+](=O)[O-])ccc1N=Nc1cc(C)c(O)c(C)c1. The smallest absolute Gasteiger partial charge is 0.269 e. The molecule has 0 unspecified atom stereocenters. The number of rotatable bonds is 3. The summed E-state index contributed by atoms with van der Waals surface area (Å²) in [6.45, 7) is 5.33. The predicted octanol–water partition coefficient (Wildman–Crippen LogP) is 4.64. The summed E-state index contributed by atoms with van der Waals surface area (Å²) in [6, 6.07) is 7.88. The first-order valence-electron chi connectivity index (χ1n) is 6.35. The van der Waals surface area contributed by atoms with Crippen LogP contribution in [0.15, 0.2) is 40.6 Å². The molecule has 0 spiro atoms. The normalized spacial score (nSPS) is 11.0. The fourth-order valence-electron chi connectivity index (χ4n) is 1.97.